The molecule has 4 nitrogen and oxygen atoms in total. The Bertz CT molecular complexity index is 641. The third-order valence-corrected chi connectivity index (χ3v) is 3.78. The van der Waals surface area contributed by atoms with Gasteiger partial charge in [-0.15, -0.1) is 0 Å². The predicted octanol–water partition coefficient (Wildman–Crippen LogP) is 4.01. The lowest BCUT2D eigenvalue weighted by Gasteiger charge is -2.18. The Kier molecular flexibility index (Phi) is 6.88. The van der Waals surface area contributed by atoms with Gasteiger partial charge in [-0.3, -0.25) is 0 Å². The summed E-state index contributed by atoms with van der Waals surface area (Å²) in [6, 6.07) is 15.9. The molecule has 0 amide bonds. The molecule has 0 saturated carbocycles. The minimum atomic E-state index is 0.0852. The summed E-state index contributed by atoms with van der Waals surface area (Å²) in [6.07, 6.45) is 1.03. The van der Waals surface area contributed by atoms with E-state index in [2.05, 4.69) is 29.7 Å². The number of thiocarbonyl (C=S) groups is 1. The van der Waals surface area contributed by atoms with Gasteiger partial charge in [0, 0.05) is 5.69 Å². The quantitative estimate of drug-likeness (QED) is 0.743. The fourth-order valence-electron chi connectivity index (χ4n) is 2.15. The van der Waals surface area contributed by atoms with Gasteiger partial charge in [-0.05, 0) is 67.5 Å². The van der Waals surface area contributed by atoms with E-state index in [0.717, 1.165) is 23.6 Å². The van der Waals surface area contributed by atoms with Gasteiger partial charge in [-0.25, -0.2) is 0 Å². The first kappa shape index (κ1) is 18.1. The van der Waals surface area contributed by atoms with Crippen LogP contribution in [0, 0.1) is 0 Å². The molecule has 0 aliphatic rings. The van der Waals surface area contributed by atoms with Crippen LogP contribution >= 0.6 is 12.2 Å². The van der Waals surface area contributed by atoms with Crippen LogP contribution in [-0.4, -0.2) is 24.9 Å². The van der Waals surface area contributed by atoms with E-state index >= 15 is 0 Å². The van der Waals surface area contributed by atoms with Crippen LogP contribution in [0.5, 0.6) is 11.5 Å². The van der Waals surface area contributed by atoms with Crippen molar-refractivity contribution in [2.45, 2.75) is 26.3 Å². The highest BCUT2D eigenvalue weighted by Gasteiger charge is 2.06. The van der Waals surface area contributed by atoms with Gasteiger partial charge in [0.25, 0.3) is 0 Å². The molecule has 5 heteroatoms. The molecule has 0 bridgehead atoms. The molecule has 2 rings (SSSR count). The SMILES string of the molecule is CCc1ccc(NC(=S)N[C@H](C)COc2ccc(OC)cc2)cc1. The summed E-state index contributed by atoms with van der Waals surface area (Å²) >= 11 is 5.34. The van der Waals surface area contributed by atoms with Crippen molar-refractivity contribution in [1.82, 2.24) is 5.32 Å². The van der Waals surface area contributed by atoms with E-state index in [-0.39, 0.29) is 6.04 Å². The molecule has 0 saturated heterocycles. The Labute approximate surface area is 149 Å². The Morgan fingerprint density at radius 3 is 2.25 bits per heavy atom. The van der Waals surface area contributed by atoms with Crippen LogP contribution in [0.3, 0.4) is 0 Å². The lowest BCUT2D eigenvalue weighted by Crippen LogP contribution is -2.39. The molecule has 0 aliphatic heterocycles. The Morgan fingerprint density at radius 2 is 1.67 bits per heavy atom. The number of methoxy groups -OCH3 is 1. The van der Waals surface area contributed by atoms with Crippen molar-refractivity contribution in [3.8, 4) is 11.5 Å². The molecule has 128 valence electrons. The van der Waals surface area contributed by atoms with Gasteiger partial charge in [-0.2, -0.15) is 0 Å². The van der Waals surface area contributed by atoms with Gasteiger partial charge < -0.3 is 20.1 Å². The molecule has 0 aromatic heterocycles. The zero-order valence-corrected chi connectivity index (χ0v) is 15.2. The molecule has 2 aromatic carbocycles. The summed E-state index contributed by atoms with van der Waals surface area (Å²) in [6.45, 7) is 4.68. The molecule has 0 aliphatic carbocycles. The van der Waals surface area contributed by atoms with Gasteiger partial charge in [0.2, 0.25) is 0 Å². The highest BCUT2D eigenvalue weighted by atomic mass is 32.1. The van der Waals surface area contributed by atoms with Crippen LogP contribution in [0.25, 0.3) is 0 Å². The molecule has 0 radical (unpaired) electrons. The number of benzene rings is 2. The second-order valence-electron chi connectivity index (χ2n) is 5.54. The van der Waals surface area contributed by atoms with Gasteiger partial charge in [0.15, 0.2) is 5.11 Å². The van der Waals surface area contributed by atoms with Crippen molar-refractivity contribution in [2.75, 3.05) is 19.0 Å². The average Bonchev–Trinajstić information content (AvgIpc) is 2.61. The van der Waals surface area contributed by atoms with Crippen molar-refractivity contribution in [2.24, 2.45) is 0 Å². The number of nitrogens with one attached hydrogen (secondary N) is 2. The first-order valence-electron chi connectivity index (χ1n) is 8.04. The van der Waals surface area contributed by atoms with E-state index in [0.29, 0.717) is 11.7 Å². The topological polar surface area (TPSA) is 42.5 Å². The highest BCUT2D eigenvalue weighted by molar-refractivity contribution is 7.80. The average molecular weight is 344 g/mol. The van der Waals surface area contributed by atoms with Crippen molar-refractivity contribution < 1.29 is 9.47 Å². The van der Waals surface area contributed by atoms with Crippen molar-refractivity contribution in [3.05, 3.63) is 54.1 Å². The molecule has 1 atom stereocenters. The monoisotopic (exact) mass is 344 g/mol. The zero-order chi connectivity index (χ0) is 17.4. The van der Waals surface area contributed by atoms with Gasteiger partial charge in [0.1, 0.15) is 18.1 Å². The molecule has 0 unspecified atom stereocenters. The van der Waals surface area contributed by atoms with Gasteiger partial charge in [-0.1, -0.05) is 19.1 Å². The van der Waals surface area contributed by atoms with Crippen LogP contribution in [0.15, 0.2) is 48.5 Å². The number of anilines is 1. The first-order valence-corrected chi connectivity index (χ1v) is 8.45. The standard InChI is InChI=1S/C19H24N2O2S/c1-4-15-5-7-16(8-6-15)21-19(24)20-14(2)13-23-18-11-9-17(22-3)10-12-18/h5-12,14H,4,13H2,1-3H3,(H2,20,21,24)/t14-/m1/s1. The van der Waals surface area contributed by atoms with E-state index in [4.69, 9.17) is 21.7 Å². The molecule has 0 fully saturated rings. The van der Waals surface area contributed by atoms with Gasteiger partial charge in [0.05, 0.1) is 13.2 Å². The number of hydrogen-bond donors (Lipinski definition) is 2. The third-order valence-electron chi connectivity index (χ3n) is 3.56. The van der Waals surface area contributed by atoms with E-state index < -0.39 is 0 Å². The van der Waals surface area contributed by atoms with E-state index in [1.54, 1.807) is 7.11 Å². The Hall–Kier alpha value is -2.27. The number of ether oxygens (including phenoxy) is 2. The van der Waals surface area contributed by atoms with Crippen LogP contribution < -0.4 is 20.1 Å². The maximum atomic E-state index is 5.74. The maximum Gasteiger partial charge on any atom is 0.171 e. The Balaban J connectivity index is 1.75. The highest BCUT2D eigenvalue weighted by Crippen LogP contribution is 2.17. The lowest BCUT2D eigenvalue weighted by molar-refractivity contribution is 0.286. The zero-order valence-electron chi connectivity index (χ0n) is 14.3. The second-order valence-corrected chi connectivity index (χ2v) is 5.94. The van der Waals surface area contributed by atoms with Crippen LogP contribution in [0.1, 0.15) is 19.4 Å². The first-order chi connectivity index (χ1) is 11.6. The summed E-state index contributed by atoms with van der Waals surface area (Å²) in [4.78, 5) is 0. The Morgan fingerprint density at radius 1 is 1.04 bits per heavy atom. The van der Waals surface area contributed by atoms with E-state index in [1.807, 2.05) is 43.3 Å². The molecule has 0 spiro atoms. The summed E-state index contributed by atoms with van der Waals surface area (Å²) in [5, 5.41) is 6.99. The lowest BCUT2D eigenvalue weighted by atomic mass is 10.1. The molecule has 2 aromatic rings. The molecule has 0 heterocycles. The molecule has 2 N–H and O–H groups in total. The summed E-state index contributed by atoms with van der Waals surface area (Å²) in [7, 11) is 1.64. The van der Waals surface area contributed by atoms with Crippen LogP contribution in [0.4, 0.5) is 5.69 Å². The fourth-order valence-corrected chi connectivity index (χ4v) is 2.47. The largest absolute Gasteiger partial charge is 0.497 e. The predicted molar refractivity (Wildman–Crippen MR) is 103 cm³/mol. The maximum absolute atomic E-state index is 5.74. The summed E-state index contributed by atoms with van der Waals surface area (Å²) in [5.74, 6) is 1.62. The smallest absolute Gasteiger partial charge is 0.171 e. The van der Waals surface area contributed by atoms with Crippen molar-refractivity contribution >= 4 is 23.0 Å². The molecule has 24 heavy (non-hydrogen) atoms. The molecular weight excluding hydrogens is 320 g/mol. The molecular formula is C19H24N2O2S. The van der Waals surface area contributed by atoms with Crippen LogP contribution in [0.2, 0.25) is 0 Å². The fraction of sp³-hybridized carbons (Fsp3) is 0.316. The van der Waals surface area contributed by atoms with E-state index in [9.17, 15) is 0 Å². The minimum Gasteiger partial charge on any atom is -0.497 e. The van der Waals surface area contributed by atoms with Gasteiger partial charge >= 0.3 is 0 Å². The summed E-state index contributed by atoms with van der Waals surface area (Å²) < 4.78 is 10.9. The number of hydrogen-bond acceptors (Lipinski definition) is 3. The second kappa shape index (κ2) is 9.13. The summed E-state index contributed by atoms with van der Waals surface area (Å²) in [5.41, 5.74) is 2.29. The normalized spacial score (nSPS) is 11.5. The van der Waals surface area contributed by atoms with Crippen molar-refractivity contribution in [1.29, 1.82) is 0 Å². The number of aryl methyl sites for hydroxylation is 1. The minimum absolute atomic E-state index is 0.0852. The third kappa shape index (κ3) is 5.74. The van der Waals surface area contributed by atoms with Crippen molar-refractivity contribution in [3.63, 3.8) is 0 Å². The van der Waals surface area contributed by atoms with E-state index in [1.165, 1.54) is 5.56 Å². The number of rotatable bonds is 7. The van der Waals surface area contributed by atoms with Crippen LogP contribution in [-0.2, 0) is 6.42 Å².